The molecule has 0 aliphatic carbocycles. The molecule has 1 aromatic heterocycles. The molecule has 0 bridgehead atoms. The SMILES string of the molecule is NC(=O)c1cc(N2CCN(CC(F)(F)F)CC2)ncc1N. The van der Waals surface area contributed by atoms with Crippen molar-refractivity contribution in [1.29, 1.82) is 0 Å². The van der Waals surface area contributed by atoms with Gasteiger partial charge in [-0.15, -0.1) is 0 Å². The molecule has 1 amide bonds. The fourth-order valence-electron chi connectivity index (χ4n) is 2.23. The summed E-state index contributed by atoms with van der Waals surface area (Å²) in [6.45, 7) is 0.424. The number of piperazine rings is 1. The average molecular weight is 303 g/mol. The molecule has 116 valence electrons. The van der Waals surface area contributed by atoms with Gasteiger partial charge in [-0.25, -0.2) is 4.98 Å². The molecule has 0 spiro atoms. The summed E-state index contributed by atoms with van der Waals surface area (Å²) < 4.78 is 36.9. The Labute approximate surface area is 119 Å². The first kappa shape index (κ1) is 15.4. The predicted octanol–water partition coefficient (Wildman–Crippen LogP) is 0.447. The Morgan fingerprint density at radius 3 is 2.43 bits per heavy atom. The molecule has 6 nitrogen and oxygen atoms in total. The first-order valence-electron chi connectivity index (χ1n) is 6.35. The van der Waals surface area contributed by atoms with Crippen molar-refractivity contribution >= 4 is 17.4 Å². The smallest absolute Gasteiger partial charge is 0.397 e. The van der Waals surface area contributed by atoms with E-state index < -0.39 is 18.6 Å². The standard InChI is InChI=1S/C12H16F3N5O/c13-12(14,15)7-19-1-3-20(4-2-19)10-5-8(11(17)21)9(16)6-18-10/h5-6H,1-4,7,16H2,(H2,17,21). The molecular formula is C12H16F3N5O. The highest BCUT2D eigenvalue weighted by molar-refractivity contribution is 5.98. The topological polar surface area (TPSA) is 88.5 Å². The van der Waals surface area contributed by atoms with E-state index in [9.17, 15) is 18.0 Å². The summed E-state index contributed by atoms with van der Waals surface area (Å²) in [6, 6.07) is 1.47. The zero-order chi connectivity index (χ0) is 15.6. The highest BCUT2D eigenvalue weighted by atomic mass is 19.4. The van der Waals surface area contributed by atoms with E-state index in [1.807, 2.05) is 0 Å². The molecule has 1 saturated heterocycles. The van der Waals surface area contributed by atoms with Crippen LogP contribution in [-0.2, 0) is 0 Å². The van der Waals surface area contributed by atoms with E-state index in [0.29, 0.717) is 18.9 Å². The number of amides is 1. The molecule has 0 aromatic carbocycles. The molecule has 1 aromatic rings. The van der Waals surface area contributed by atoms with Gasteiger partial charge in [0.1, 0.15) is 5.82 Å². The Hall–Kier alpha value is -2.03. The molecule has 2 heterocycles. The number of carbonyl (C=O) groups excluding carboxylic acids is 1. The zero-order valence-corrected chi connectivity index (χ0v) is 11.2. The molecule has 1 fully saturated rings. The maximum atomic E-state index is 12.3. The third-order valence-electron chi connectivity index (χ3n) is 3.28. The van der Waals surface area contributed by atoms with E-state index in [0.717, 1.165) is 0 Å². The molecule has 0 radical (unpaired) electrons. The Bertz CT molecular complexity index is 526. The van der Waals surface area contributed by atoms with Crippen LogP contribution < -0.4 is 16.4 Å². The van der Waals surface area contributed by atoms with Crippen LogP contribution in [0.15, 0.2) is 12.3 Å². The van der Waals surface area contributed by atoms with Crippen molar-refractivity contribution in [2.45, 2.75) is 6.18 Å². The monoisotopic (exact) mass is 303 g/mol. The lowest BCUT2D eigenvalue weighted by Crippen LogP contribution is -2.49. The van der Waals surface area contributed by atoms with Gasteiger partial charge in [0.2, 0.25) is 0 Å². The Kier molecular flexibility index (Phi) is 4.21. The lowest BCUT2D eigenvalue weighted by atomic mass is 10.2. The van der Waals surface area contributed by atoms with E-state index in [-0.39, 0.29) is 24.3 Å². The highest BCUT2D eigenvalue weighted by Crippen LogP contribution is 2.21. The number of anilines is 2. The van der Waals surface area contributed by atoms with Crippen LogP contribution in [0.4, 0.5) is 24.7 Å². The minimum absolute atomic E-state index is 0.165. The third kappa shape index (κ3) is 3.97. The number of nitrogen functional groups attached to an aromatic ring is 1. The second-order valence-corrected chi connectivity index (χ2v) is 4.87. The summed E-state index contributed by atoms with van der Waals surface area (Å²) in [5.41, 5.74) is 11.1. The van der Waals surface area contributed by atoms with Gasteiger partial charge in [0.15, 0.2) is 0 Å². The van der Waals surface area contributed by atoms with Gasteiger partial charge in [-0.3, -0.25) is 9.69 Å². The van der Waals surface area contributed by atoms with Crippen LogP contribution in [0, 0.1) is 0 Å². The second-order valence-electron chi connectivity index (χ2n) is 4.87. The van der Waals surface area contributed by atoms with E-state index in [2.05, 4.69) is 4.98 Å². The molecule has 21 heavy (non-hydrogen) atoms. The average Bonchev–Trinajstić information content (AvgIpc) is 2.38. The first-order chi connectivity index (χ1) is 9.76. The molecule has 1 aliphatic heterocycles. The van der Waals surface area contributed by atoms with Gasteiger partial charge in [0.25, 0.3) is 5.91 Å². The maximum Gasteiger partial charge on any atom is 0.401 e. The molecule has 2 rings (SSSR count). The number of carbonyl (C=O) groups is 1. The molecule has 0 unspecified atom stereocenters. The molecule has 9 heteroatoms. The number of aromatic nitrogens is 1. The van der Waals surface area contributed by atoms with E-state index >= 15 is 0 Å². The Morgan fingerprint density at radius 1 is 1.29 bits per heavy atom. The largest absolute Gasteiger partial charge is 0.401 e. The van der Waals surface area contributed by atoms with Crippen molar-refractivity contribution in [1.82, 2.24) is 9.88 Å². The molecule has 4 N–H and O–H groups in total. The van der Waals surface area contributed by atoms with Gasteiger partial charge in [0, 0.05) is 26.2 Å². The van der Waals surface area contributed by atoms with Gasteiger partial charge < -0.3 is 16.4 Å². The number of halogens is 3. The van der Waals surface area contributed by atoms with Crippen LogP contribution >= 0.6 is 0 Å². The number of nitrogens with zero attached hydrogens (tertiary/aromatic N) is 3. The number of primary amides is 1. The number of rotatable bonds is 3. The van der Waals surface area contributed by atoms with Gasteiger partial charge in [-0.05, 0) is 6.07 Å². The minimum Gasteiger partial charge on any atom is -0.397 e. The lowest BCUT2D eigenvalue weighted by Gasteiger charge is -2.35. The normalized spacial score (nSPS) is 17.0. The third-order valence-corrected chi connectivity index (χ3v) is 3.28. The number of pyridine rings is 1. The second kappa shape index (κ2) is 5.76. The van der Waals surface area contributed by atoms with Crippen molar-refractivity contribution in [3.05, 3.63) is 17.8 Å². The molecule has 0 atom stereocenters. The van der Waals surface area contributed by atoms with E-state index in [1.54, 1.807) is 4.90 Å². The summed E-state index contributed by atoms with van der Waals surface area (Å²) >= 11 is 0. The Balaban J connectivity index is 2.02. The first-order valence-corrected chi connectivity index (χ1v) is 6.35. The number of alkyl halides is 3. The quantitative estimate of drug-likeness (QED) is 0.846. The summed E-state index contributed by atoms with van der Waals surface area (Å²) in [5.74, 6) is -0.170. The molecule has 1 aliphatic rings. The number of nitrogens with two attached hydrogens (primary N) is 2. The number of hydrogen-bond donors (Lipinski definition) is 2. The lowest BCUT2D eigenvalue weighted by molar-refractivity contribution is -0.146. The Morgan fingerprint density at radius 2 is 1.90 bits per heavy atom. The predicted molar refractivity (Wildman–Crippen MR) is 71.9 cm³/mol. The van der Waals surface area contributed by atoms with Gasteiger partial charge in [0.05, 0.1) is 24.0 Å². The summed E-state index contributed by atoms with van der Waals surface area (Å²) in [5, 5.41) is 0. The summed E-state index contributed by atoms with van der Waals surface area (Å²) in [4.78, 5) is 18.5. The highest BCUT2D eigenvalue weighted by Gasteiger charge is 2.32. The van der Waals surface area contributed by atoms with Gasteiger partial charge in [-0.1, -0.05) is 0 Å². The summed E-state index contributed by atoms with van der Waals surface area (Å²) in [7, 11) is 0. The van der Waals surface area contributed by atoms with E-state index in [4.69, 9.17) is 11.5 Å². The van der Waals surface area contributed by atoms with Crippen LogP contribution in [0.3, 0.4) is 0 Å². The maximum absolute atomic E-state index is 12.3. The fraction of sp³-hybridized carbons (Fsp3) is 0.500. The van der Waals surface area contributed by atoms with Crippen LogP contribution in [0.2, 0.25) is 0 Å². The molecule has 0 saturated carbocycles. The van der Waals surface area contributed by atoms with Crippen LogP contribution in [0.1, 0.15) is 10.4 Å². The molecular weight excluding hydrogens is 287 g/mol. The van der Waals surface area contributed by atoms with Crippen LogP contribution in [0.5, 0.6) is 0 Å². The van der Waals surface area contributed by atoms with Crippen molar-refractivity contribution in [2.24, 2.45) is 5.73 Å². The van der Waals surface area contributed by atoms with E-state index in [1.165, 1.54) is 17.2 Å². The summed E-state index contributed by atoms with van der Waals surface area (Å²) in [6.07, 6.45) is -2.86. The van der Waals surface area contributed by atoms with Gasteiger partial charge in [-0.2, -0.15) is 13.2 Å². The van der Waals surface area contributed by atoms with Crippen molar-refractivity contribution in [2.75, 3.05) is 43.4 Å². The van der Waals surface area contributed by atoms with Crippen LogP contribution in [-0.4, -0.2) is 54.7 Å². The van der Waals surface area contributed by atoms with Crippen molar-refractivity contribution in [3.63, 3.8) is 0 Å². The van der Waals surface area contributed by atoms with Gasteiger partial charge >= 0.3 is 6.18 Å². The van der Waals surface area contributed by atoms with Crippen molar-refractivity contribution < 1.29 is 18.0 Å². The minimum atomic E-state index is -4.19. The van der Waals surface area contributed by atoms with Crippen molar-refractivity contribution in [3.8, 4) is 0 Å². The zero-order valence-electron chi connectivity index (χ0n) is 11.2. The van der Waals surface area contributed by atoms with Crippen LogP contribution in [0.25, 0.3) is 0 Å². The number of hydrogen-bond acceptors (Lipinski definition) is 5. The fourth-order valence-corrected chi connectivity index (χ4v) is 2.23.